The average molecular weight is 465 g/mol. The summed E-state index contributed by atoms with van der Waals surface area (Å²) in [6, 6.07) is 17.2. The number of aryl methyl sites for hydroxylation is 1. The fourth-order valence-electron chi connectivity index (χ4n) is 4.45. The summed E-state index contributed by atoms with van der Waals surface area (Å²) in [7, 11) is 0. The van der Waals surface area contributed by atoms with Gasteiger partial charge in [-0.05, 0) is 65.3 Å². The molecule has 4 heteroatoms. The molecule has 33 heavy (non-hydrogen) atoms. The van der Waals surface area contributed by atoms with Crippen LogP contribution in [0.3, 0.4) is 0 Å². The van der Waals surface area contributed by atoms with Crippen molar-refractivity contribution in [1.29, 1.82) is 0 Å². The average Bonchev–Trinajstić information content (AvgIpc) is 2.84. The van der Waals surface area contributed by atoms with Crippen molar-refractivity contribution in [2.24, 2.45) is 0 Å². The van der Waals surface area contributed by atoms with E-state index in [1.165, 1.54) is 63.0 Å². The van der Waals surface area contributed by atoms with Crippen molar-refractivity contribution in [2.45, 2.75) is 64.7 Å². The van der Waals surface area contributed by atoms with Crippen molar-refractivity contribution in [3.05, 3.63) is 76.5 Å². The van der Waals surface area contributed by atoms with Crippen molar-refractivity contribution in [3.8, 4) is 11.1 Å². The number of hydrogen-bond acceptors (Lipinski definition) is 2. The molecule has 0 atom stereocenters. The topological polar surface area (TPSA) is 13.1 Å². The van der Waals surface area contributed by atoms with E-state index in [4.69, 9.17) is 16.6 Å². The number of hydrogen-bond donors (Lipinski definition) is 0. The smallest absolute Gasteiger partial charge is 0.201 e. The second kappa shape index (κ2) is 11.0. The molecule has 3 aromatic carbocycles. The first-order chi connectivity index (χ1) is 16.1. The molecule has 1 nitrogen and oxygen atoms in total. The van der Waals surface area contributed by atoms with Crippen molar-refractivity contribution >= 4 is 34.0 Å². The summed E-state index contributed by atoms with van der Waals surface area (Å²) in [6.45, 7) is 2.25. The Morgan fingerprint density at radius 3 is 2.06 bits per heavy atom. The van der Waals surface area contributed by atoms with Gasteiger partial charge in [-0.25, -0.2) is 4.39 Å². The van der Waals surface area contributed by atoms with E-state index < -0.39 is 11.6 Å². The minimum Gasteiger partial charge on any atom is -0.441 e. The van der Waals surface area contributed by atoms with Gasteiger partial charge in [0.25, 0.3) is 0 Å². The number of rotatable bonds is 10. The summed E-state index contributed by atoms with van der Waals surface area (Å²) >= 11 is 5.36. The number of benzene rings is 3. The Balaban J connectivity index is 1.45. The Morgan fingerprint density at radius 2 is 1.33 bits per heavy atom. The van der Waals surface area contributed by atoms with Crippen LogP contribution in [-0.4, -0.2) is 0 Å². The second-order valence-corrected chi connectivity index (χ2v) is 9.18. The predicted octanol–water partition coefficient (Wildman–Crippen LogP) is 9.94. The number of unbranched alkanes of at least 4 members (excludes halogenated alkanes) is 7. The van der Waals surface area contributed by atoms with Crippen LogP contribution in [-0.2, 0) is 6.42 Å². The van der Waals surface area contributed by atoms with Crippen molar-refractivity contribution in [2.75, 3.05) is 0 Å². The molecule has 0 amide bonds. The number of fused-ring (bicyclic) bond motifs is 3. The van der Waals surface area contributed by atoms with Crippen LogP contribution in [0.1, 0.15) is 63.9 Å². The van der Waals surface area contributed by atoms with Gasteiger partial charge in [0, 0.05) is 10.8 Å². The largest absolute Gasteiger partial charge is 0.441 e. The first kappa shape index (κ1) is 23.6. The van der Waals surface area contributed by atoms with Crippen molar-refractivity contribution < 1.29 is 13.2 Å². The summed E-state index contributed by atoms with van der Waals surface area (Å²) in [6.07, 6.45) is 11.7. The lowest BCUT2D eigenvalue weighted by molar-refractivity contribution is 0.486. The predicted molar refractivity (Wildman–Crippen MR) is 136 cm³/mol. The van der Waals surface area contributed by atoms with Gasteiger partial charge in [0.2, 0.25) is 5.82 Å². The zero-order valence-corrected chi connectivity index (χ0v) is 19.9. The van der Waals surface area contributed by atoms with Crippen LogP contribution in [0.25, 0.3) is 32.9 Å². The molecule has 0 saturated heterocycles. The maximum atomic E-state index is 14.2. The molecule has 0 radical (unpaired) electrons. The van der Waals surface area contributed by atoms with Crippen LogP contribution in [0.15, 0.2) is 59.0 Å². The van der Waals surface area contributed by atoms with Crippen LogP contribution in [0, 0.1) is 16.3 Å². The monoisotopic (exact) mass is 464 g/mol. The minimum absolute atomic E-state index is 0.134. The molecule has 0 unspecified atom stereocenters. The highest BCUT2D eigenvalue weighted by atomic mass is 32.1. The van der Waals surface area contributed by atoms with Crippen molar-refractivity contribution in [1.82, 2.24) is 0 Å². The van der Waals surface area contributed by atoms with Gasteiger partial charge in [0.05, 0.1) is 0 Å². The summed E-state index contributed by atoms with van der Waals surface area (Å²) in [5.74, 6) is -1.94. The van der Waals surface area contributed by atoms with Crippen LogP contribution >= 0.6 is 12.2 Å². The van der Waals surface area contributed by atoms with Gasteiger partial charge in [0.1, 0.15) is 0 Å². The van der Waals surface area contributed by atoms with Crippen molar-refractivity contribution in [3.63, 3.8) is 0 Å². The zero-order chi connectivity index (χ0) is 23.2. The fraction of sp³-hybridized carbons (Fsp3) is 0.345. The third-order valence-corrected chi connectivity index (χ3v) is 6.68. The fourth-order valence-corrected chi connectivity index (χ4v) is 4.70. The Bertz CT molecular complexity index is 1290. The second-order valence-electron chi connectivity index (χ2n) is 8.81. The van der Waals surface area contributed by atoms with Crippen LogP contribution in [0.5, 0.6) is 0 Å². The lowest BCUT2D eigenvalue weighted by Crippen LogP contribution is -1.89. The maximum Gasteiger partial charge on any atom is 0.201 e. The summed E-state index contributed by atoms with van der Waals surface area (Å²) in [4.78, 5) is 0. The molecular formula is C29H30F2OS. The quantitative estimate of drug-likeness (QED) is 0.132. The summed E-state index contributed by atoms with van der Waals surface area (Å²) < 4.78 is 33.4. The molecule has 4 rings (SSSR count). The van der Waals surface area contributed by atoms with E-state index in [0.29, 0.717) is 5.39 Å². The Hall–Kier alpha value is -2.59. The highest BCUT2D eigenvalue weighted by Crippen LogP contribution is 2.32. The lowest BCUT2D eigenvalue weighted by Gasteiger charge is -2.09. The molecule has 0 aliphatic rings. The van der Waals surface area contributed by atoms with E-state index in [1.54, 1.807) is 0 Å². The van der Waals surface area contributed by atoms with Crippen LogP contribution in [0.4, 0.5) is 8.78 Å². The van der Waals surface area contributed by atoms with E-state index in [1.807, 2.05) is 18.2 Å². The third-order valence-electron chi connectivity index (χ3n) is 6.38. The minimum atomic E-state index is -1.00. The molecule has 1 aromatic heterocycles. The molecule has 0 spiro atoms. The van der Waals surface area contributed by atoms with Gasteiger partial charge in [-0.15, -0.1) is 0 Å². The first-order valence-electron chi connectivity index (χ1n) is 12.0. The SMILES string of the molecule is CCCCCCCCCCc1ccc(-c2ccc3c(c2)c(=S)oc2c(F)c(F)ccc23)cc1. The normalized spacial score (nSPS) is 11.5. The molecule has 4 aromatic rings. The third kappa shape index (κ3) is 5.50. The molecule has 0 bridgehead atoms. The molecule has 0 aliphatic heterocycles. The van der Waals surface area contributed by atoms with E-state index in [9.17, 15) is 8.78 Å². The molecular weight excluding hydrogens is 434 g/mol. The van der Waals surface area contributed by atoms with Crippen LogP contribution in [0.2, 0.25) is 0 Å². The molecule has 0 saturated carbocycles. The Labute approximate surface area is 199 Å². The van der Waals surface area contributed by atoms with E-state index in [0.717, 1.165) is 34.4 Å². The molecule has 0 aliphatic carbocycles. The lowest BCUT2D eigenvalue weighted by atomic mass is 9.98. The van der Waals surface area contributed by atoms with Crippen LogP contribution < -0.4 is 0 Å². The highest BCUT2D eigenvalue weighted by Gasteiger charge is 2.14. The molecule has 172 valence electrons. The Morgan fingerprint density at radius 1 is 0.697 bits per heavy atom. The standard InChI is InChI=1S/C29H30F2OS/c1-2-3-4-5-6-7-8-9-10-20-11-13-21(14-12-20)22-15-16-23-24-17-18-26(30)27(31)28(24)32-29(33)25(23)19-22/h11-19H,2-10H2,1H3. The molecule has 1 heterocycles. The molecule has 0 N–H and O–H groups in total. The Kier molecular flexibility index (Phi) is 7.87. The van der Waals surface area contributed by atoms with Gasteiger partial charge >= 0.3 is 0 Å². The van der Waals surface area contributed by atoms with E-state index >= 15 is 0 Å². The first-order valence-corrected chi connectivity index (χ1v) is 12.4. The summed E-state index contributed by atoms with van der Waals surface area (Å²) in [5.41, 5.74) is 3.33. The molecule has 0 fully saturated rings. The number of halogens is 2. The van der Waals surface area contributed by atoms with E-state index in [2.05, 4.69) is 31.2 Å². The van der Waals surface area contributed by atoms with Gasteiger partial charge < -0.3 is 4.42 Å². The van der Waals surface area contributed by atoms with Gasteiger partial charge in [-0.3, -0.25) is 0 Å². The maximum absolute atomic E-state index is 14.2. The van der Waals surface area contributed by atoms with Gasteiger partial charge in [0.15, 0.2) is 16.1 Å². The highest BCUT2D eigenvalue weighted by molar-refractivity contribution is 7.71. The zero-order valence-electron chi connectivity index (χ0n) is 19.1. The van der Waals surface area contributed by atoms with E-state index in [-0.39, 0.29) is 10.3 Å². The van der Waals surface area contributed by atoms with Gasteiger partial charge in [-0.2, -0.15) is 4.39 Å². The van der Waals surface area contributed by atoms with Gasteiger partial charge in [-0.1, -0.05) is 88.3 Å². The summed E-state index contributed by atoms with van der Waals surface area (Å²) in [5, 5.41) is 2.00.